The minimum absolute atomic E-state index is 0.125. The van der Waals surface area contributed by atoms with Crippen molar-refractivity contribution in [3.05, 3.63) is 64.9 Å². The molecule has 0 aliphatic heterocycles. The summed E-state index contributed by atoms with van der Waals surface area (Å²) in [5.41, 5.74) is 6.02. The molecule has 6 nitrogen and oxygen atoms in total. The van der Waals surface area contributed by atoms with E-state index >= 15 is 0 Å². The Bertz CT molecular complexity index is 916. The first-order valence-electron chi connectivity index (χ1n) is 8.94. The third-order valence-corrected chi connectivity index (χ3v) is 4.80. The number of aromatic amines is 1. The first-order chi connectivity index (χ1) is 12.7. The summed E-state index contributed by atoms with van der Waals surface area (Å²) in [7, 11) is 0. The van der Waals surface area contributed by atoms with Gasteiger partial charge in [-0.25, -0.2) is 9.97 Å². The smallest absolute Gasteiger partial charge is 0.251 e. The maximum atomic E-state index is 12.4. The lowest BCUT2D eigenvalue weighted by molar-refractivity contribution is 0.0950. The van der Waals surface area contributed by atoms with Crippen molar-refractivity contribution in [3.63, 3.8) is 0 Å². The van der Waals surface area contributed by atoms with Crippen LogP contribution in [-0.2, 0) is 19.4 Å². The van der Waals surface area contributed by atoms with Gasteiger partial charge in [0.2, 0.25) is 0 Å². The summed E-state index contributed by atoms with van der Waals surface area (Å²) in [5, 5.41) is 9.77. The molecule has 2 N–H and O–H groups in total. The minimum Gasteiger partial charge on any atom is -0.345 e. The van der Waals surface area contributed by atoms with Gasteiger partial charge in [0.15, 0.2) is 0 Å². The van der Waals surface area contributed by atoms with Gasteiger partial charge in [-0.1, -0.05) is 12.1 Å². The van der Waals surface area contributed by atoms with Crippen LogP contribution >= 0.6 is 0 Å². The van der Waals surface area contributed by atoms with Gasteiger partial charge in [0.25, 0.3) is 5.91 Å². The van der Waals surface area contributed by atoms with Crippen LogP contribution in [0.25, 0.3) is 11.3 Å². The molecule has 6 heteroatoms. The van der Waals surface area contributed by atoms with Crippen molar-refractivity contribution in [1.29, 1.82) is 0 Å². The molecule has 0 saturated heterocycles. The fraction of sp³-hybridized carbons (Fsp3) is 0.300. The molecule has 0 radical (unpaired) electrons. The third-order valence-electron chi connectivity index (χ3n) is 4.80. The molecule has 2 heterocycles. The van der Waals surface area contributed by atoms with Crippen molar-refractivity contribution >= 4 is 5.91 Å². The number of hydrogen-bond acceptors (Lipinski definition) is 4. The van der Waals surface area contributed by atoms with E-state index in [2.05, 4.69) is 25.5 Å². The number of fused-ring (bicyclic) bond motifs is 1. The molecular weight excluding hydrogens is 326 g/mol. The predicted molar refractivity (Wildman–Crippen MR) is 98.6 cm³/mol. The van der Waals surface area contributed by atoms with Gasteiger partial charge in [-0.05, 0) is 61.9 Å². The zero-order chi connectivity index (χ0) is 17.9. The van der Waals surface area contributed by atoms with Crippen LogP contribution in [-0.4, -0.2) is 26.1 Å². The Balaban J connectivity index is 1.43. The Hall–Kier alpha value is -3.02. The molecule has 1 aliphatic rings. The molecule has 0 bridgehead atoms. The van der Waals surface area contributed by atoms with E-state index in [-0.39, 0.29) is 5.91 Å². The Morgan fingerprint density at radius 3 is 2.69 bits per heavy atom. The average Bonchev–Trinajstić information content (AvgIpc) is 3.21. The summed E-state index contributed by atoms with van der Waals surface area (Å²) in [6.45, 7) is 2.38. The quantitative estimate of drug-likeness (QED) is 0.760. The predicted octanol–water partition coefficient (Wildman–Crippen LogP) is 2.98. The third kappa shape index (κ3) is 3.35. The van der Waals surface area contributed by atoms with E-state index in [0.717, 1.165) is 35.5 Å². The first-order valence-corrected chi connectivity index (χ1v) is 8.94. The van der Waals surface area contributed by atoms with Gasteiger partial charge >= 0.3 is 0 Å². The van der Waals surface area contributed by atoms with Crippen molar-refractivity contribution in [3.8, 4) is 11.3 Å². The van der Waals surface area contributed by atoms with Gasteiger partial charge in [0, 0.05) is 23.1 Å². The lowest BCUT2D eigenvalue weighted by Gasteiger charge is -2.17. The number of nitrogens with one attached hydrogen (secondary N) is 2. The highest BCUT2D eigenvalue weighted by molar-refractivity contribution is 5.94. The number of hydrogen-bond donors (Lipinski definition) is 2. The summed E-state index contributed by atoms with van der Waals surface area (Å²) in [5.74, 6) is 0.561. The normalized spacial score (nSPS) is 13.3. The Morgan fingerprint density at radius 2 is 1.92 bits per heavy atom. The molecule has 132 valence electrons. The highest BCUT2D eigenvalue weighted by Gasteiger charge is 2.16. The number of aryl methyl sites for hydroxylation is 2. The molecule has 0 unspecified atom stereocenters. The van der Waals surface area contributed by atoms with E-state index in [9.17, 15) is 4.79 Å². The van der Waals surface area contributed by atoms with E-state index in [4.69, 9.17) is 0 Å². The number of carbonyl (C=O) groups is 1. The highest BCUT2D eigenvalue weighted by atomic mass is 16.1. The summed E-state index contributed by atoms with van der Waals surface area (Å²) >= 11 is 0. The van der Waals surface area contributed by atoms with Crippen LogP contribution in [0.5, 0.6) is 0 Å². The molecule has 2 aromatic heterocycles. The molecule has 1 aromatic carbocycles. The standard InChI is InChI=1S/C20H21N5O/c1-13-16-4-2-3-5-18(16)24-19(23-13)12-21-20(26)15-8-6-14(7-9-15)17-10-11-22-25-17/h6-11H,2-5,12H2,1H3,(H,21,26)(H,22,25). The van der Waals surface area contributed by atoms with Crippen molar-refractivity contribution in [2.24, 2.45) is 0 Å². The number of rotatable bonds is 4. The second kappa shape index (κ2) is 7.07. The molecule has 1 aliphatic carbocycles. The largest absolute Gasteiger partial charge is 0.345 e. The second-order valence-corrected chi connectivity index (χ2v) is 6.59. The van der Waals surface area contributed by atoms with E-state index in [1.807, 2.05) is 37.3 Å². The molecule has 4 rings (SSSR count). The number of carbonyl (C=O) groups excluding carboxylic acids is 1. The molecule has 0 spiro atoms. The van der Waals surface area contributed by atoms with Gasteiger partial charge in [-0.3, -0.25) is 9.89 Å². The Labute approximate surface area is 152 Å². The lowest BCUT2D eigenvalue weighted by Crippen LogP contribution is -2.25. The monoisotopic (exact) mass is 347 g/mol. The van der Waals surface area contributed by atoms with Crippen LogP contribution in [0.3, 0.4) is 0 Å². The molecule has 0 atom stereocenters. The van der Waals surface area contributed by atoms with E-state index in [1.54, 1.807) is 6.20 Å². The van der Waals surface area contributed by atoms with Crippen LogP contribution in [0.15, 0.2) is 36.5 Å². The lowest BCUT2D eigenvalue weighted by atomic mass is 9.95. The van der Waals surface area contributed by atoms with Gasteiger partial charge in [0.05, 0.1) is 12.2 Å². The zero-order valence-corrected chi connectivity index (χ0v) is 14.7. The van der Waals surface area contributed by atoms with Crippen molar-refractivity contribution in [2.45, 2.75) is 39.2 Å². The van der Waals surface area contributed by atoms with Crippen LogP contribution in [0.4, 0.5) is 0 Å². The van der Waals surface area contributed by atoms with Crippen molar-refractivity contribution in [1.82, 2.24) is 25.5 Å². The van der Waals surface area contributed by atoms with E-state index in [1.165, 1.54) is 18.4 Å². The summed E-state index contributed by atoms with van der Waals surface area (Å²) in [6.07, 6.45) is 6.17. The molecule has 3 aromatic rings. The average molecular weight is 347 g/mol. The topological polar surface area (TPSA) is 83.6 Å². The van der Waals surface area contributed by atoms with Crippen molar-refractivity contribution in [2.75, 3.05) is 0 Å². The Morgan fingerprint density at radius 1 is 1.12 bits per heavy atom. The van der Waals surface area contributed by atoms with Gasteiger partial charge in [-0.2, -0.15) is 5.10 Å². The van der Waals surface area contributed by atoms with Crippen molar-refractivity contribution < 1.29 is 4.79 Å². The Kier molecular flexibility index (Phi) is 4.48. The molecule has 1 amide bonds. The summed E-state index contributed by atoms with van der Waals surface area (Å²) in [4.78, 5) is 21.6. The number of amides is 1. The minimum atomic E-state index is -0.125. The summed E-state index contributed by atoms with van der Waals surface area (Å²) in [6, 6.07) is 9.32. The van der Waals surface area contributed by atoms with Gasteiger partial charge < -0.3 is 5.32 Å². The number of benzene rings is 1. The molecule has 26 heavy (non-hydrogen) atoms. The fourth-order valence-electron chi connectivity index (χ4n) is 3.40. The second-order valence-electron chi connectivity index (χ2n) is 6.59. The van der Waals surface area contributed by atoms with Crippen LogP contribution in [0.2, 0.25) is 0 Å². The SMILES string of the molecule is Cc1nc(CNC(=O)c2ccc(-c3ccn[nH]3)cc2)nc2c1CCCC2. The molecular formula is C20H21N5O. The highest BCUT2D eigenvalue weighted by Crippen LogP contribution is 2.21. The number of nitrogens with zero attached hydrogens (tertiary/aromatic N) is 3. The number of aromatic nitrogens is 4. The van der Waals surface area contributed by atoms with E-state index < -0.39 is 0 Å². The maximum Gasteiger partial charge on any atom is 0.251 e. The zero-order valence-electron chi connectivity index (χ0n) is 14.7. The van der Waals surface area contributed by atoms with E-state index in [0.29, 0.717) is 17.9 Å². The van der Waals surface area contributed by atoms with Crippen LogP contribution < -0.4 is 5.32 Å². The molecule has 0 saturated carbocycles. The van der Waals surface area contributed by atoms with Gasteiger partial charge in [0.1, 0.15) is 5.82 Å². The number of H-pyrrole nitrogens is 1. The van der Waals surface area contributed by atoms with Gasteiger partial charge in [-0.15, -0.1) is 0 Å². The molecule has 0 fully saturated rings. The van der Waals surface area contributed by atoms with Crippen LogP contribution in [0, 0.1) is 6.92 Å². The maximum absolute atomic E-state index is 12.4. The fourth-order valence-corrected chi connectivity index (χ4v) is 3.40. The first kappa shape index (κ1) is 16.4. The summed E-state index contributed by atoms with van der Waals surface area (Å²) < 4.78 is 0. The van der Waals surface area contributed by atoms with Crippen LogP contribution in [0.1, 0.15) is 46.0 Å².